The first-order valence-corrected chi connectivity index (χ1v) is 7.13. The molecule has 0 saturated carbocycles. The maximum atomic E-state index is 11.9. The number of anilines is 1. The number of hydrogen-bond donors (Lipinski definition) is 3. The Morgan fingerprint density at radius 1 is 1.44 bits per heavy atom. The number of amides is 1. The van der Waals surface area contributed by atoms with E-state index in [-0.39, 0.29) is 12.5 Å². The fourth-order valence-corrected chi connectivity index (χ4v) is 2.27. The summed E-state index contributed by atoms with van der Waals surface area (Å²) in [5.74, 6) is 1.69. The summed E-state index contributed by atoms with van der Waals surface area (Å²) in [5, 5.41) is 11.5. The normalized spacial score (nSPS) is 10.3. The summed E-state index contributed by atoms with van der Waals surface area (Å²) >= 11 is 1.72. The number of carbonyl (C=O) groups is 1. The topological polar surface area (TPSA) is 75.4 Å². The molecule has 1 amide bonds. The van der Waals surface area contributed by atoms with Gasteiger partial charge in [0.2, 0.25) is 0 Å². The van der Waals surface area contributed by atoms with Gasteiger partial charge in [0, 0.05) is 30.2 Å². The molecule has 4 nitrogen and oxygen atoms in total. The van der Waals surface area contributed by atoms with Crippen LogP contribution >= 0.6 is 11.8 Å². The number of nitrogens with two attached hydrogens (primary N) is 1. The molecule has 0 aliphatic rings. The van der Waals surface area contributed by atoms with E-state index >= 15 is 0 Å². The van der Waals surface area contributed by atoms with E-state index < -0.39 is 0 Å². The monoisotopic (exact) mass is 268 g/mol. The van der Waals surface area contributed by atoms with Crippen molar-refractivity contribution in [3.63, 3.8) is 0 Å². The van der Waals surface area contributed by atoms with Crippen LogP contribution in [0.2, 0.25) is 0 Å². The van der Waals surface area contributed by atoms with Crippen molar-refractivity contribution in [2.24, 2.45) is 0 Å². The highest BCUT2D eigenvalue weighted by molar-refractivity contribution is 7.99. The molecule has 0 radical (unpaired) electrons. The van der Waals surface area contributed by atoms with Crippen molar-refractivity contribution < 1.29 is 9.90 Å². The molecular formula is C13H20N2O2S. The molecule has 100 valence electrons. The van der Waals surface area contributed by atoms with E-state index in [0.717, 1.165) is 23.5 Å². The van der Waals surface area contributed by atoms with Crippen LogP contribution < -0.4 is 11.1 Å². The molecule has 0 atom stereocenters. The molecule has 0 fully saturated rings. The minimum absolute atomic E-state index is 0.0810. The predicted molar refractivity (Wildman–Crippen MR) is 77.0 cm³/mol. The molecule has 0 bridgehead atoms. The van der Waals surface area contributed by atoms with Crippen molar-refractivity contribution >= 4 is 23.4 Å². The molecule has 1 aromatic rings. The van der Waals surface area contributed by atoms with E-state index in [2.05, 4.69) is 5.32 Å². The average Bonchev–Trinajstić information content (AvgIpc) is 2.36. The third kappa shape index (κ3) is 4.98. The second-order valence-electron chi connectivity index (χ2n) is 4.02. The number of nitrogens with one attached hydrogen (secondary N) is 1. The SMILES string of the molecule is Cc1ccc(N)cc1C(=O)NCCSCCCO. The summed E-state index contributed by atoms with van der Waals surface area (Å²) in [4.78, 5) is 11.9. The van der Waals surface area contributed by atoms with Crippen LogP contribution in [0.4, 0.5) is 5.69 Å². The Balaban J connectivity index is 2.34. The fourth-order valence-electron chi connectivity index (χ4n) is 1.48. The molecule has 1 rings (SSSR count). The number of nitrogen functional groups attached to an aromatic ring is 1. The highest BCUT2D eigenvalue weighted by atomic mass is 32.2. The van der Waals surface area contributed by atoms with Crippen molar-refractivity contribution in [3.8, 4) is 0 Å². The van der Waals surface area contributed by atoms with Crippen molar-refractivity contribution in [1.29, 1.82) is 0 Å². The van der Waals surface area contributed by atoms with Crippen LogP contribution in [0.5, 0.6) is 0 Å². The Hall–Kier alpha value is -1.20. The van der Waals surface area contributed by atoms with Crippen molar-refractivity contribution in [2.45, 2.75) is 13.3 Å². The zero-order valence-electron chi connectivity index (χ0n) is 10.6. The average molecular weight is 268 g/mol. The Kier molecular flexibility index (Phi) is 6.60. The molecule has 0 aromatic heterocycles. The van der Waals surface area contributed by atoms with Crippen molar-refractivity contribution in [1.82, 2.24) is 5.32 Å². The van der Waals surface area contributed by atoms with E-state index in [9.17, 15) is 4.79 Å². The maximum absolute atomic E-state index is 11.9. The largest absolute Gasteiger partial charge is 0.399 e. The maximum Gasteiger partial charge on any atom is 0.251 e. The van der Waals surface area contributed by atoms with Gasteiger partial charge in [0.15, 0.2) is 0 Å². The Bertz CT molecular complexity index is 397. The van der Waals surface area contributed by atoms with Gasteiger partial charge in [-0.3, -0.25) is 4.79 Å². The molecule has 1 aromatic carbocycles. The lowest BCUT2D eigenvalue weighted by molar-refractivity contribution is 0.0955. The lowest BCUT2D eigenvalue weighted by atomic mass is 10.1. The smallest absolute Gasteiger partial charge is 0.251 e. The lowest BCUT2D eigenvalue weighted by Crippen LogP contribution is -2.26. The number of aliphatic hydroxyl groups is 1. The predicted octanol–water partition coefficient (Wildman–Crippen LogP) is 1.42. The number of rotatable bonds is 7. The lowest BCUT2D eigenvalue weighted by Gasteiger charge is -2.08. The minimum Gasteiger partial charge on any atom is -0.399 e. The third-order valence-electron chi connectivity index (χ3n) is 2.48. The molecule has 5 heteroatoms. The summed E-state index contributed by atoms with van der Waals surface area (Å²) in [6.45, 7) is 2.75. The molecule has 4 N–H and O–H groups in total. The summed E-state index contributed by atoms with van der Waals surface area (Å²) in [6.07, 6.45) is 0.799. The first-order chi connectivity index (χ1) is 8.65. The van der Waals surface area contributed by atoms with E-state index in [1.54, 1.807) is 23.9 Å². The number of carbonyl (C=O) groups excluding carboxylic acids is 1. The van der Waals surface area contributed by atoms with Crippen LogP contribution in [0.1, 0.15) is 22.3 Å². The quantitative estimate of drug-likeness (QED) is 0.516. The van der Waals surface area contributed by atoms with Gasteiger partial charge in [0.1, 0.15) is 0 Å². The molecule has 0 saturated heterocycles. The highest BCUT2D eigenvalue weighted by Gasteiger charge is 2.08. The Labute approximate surface area is 112 Å². The van der Waals surface area contributed by atoms with Crippen LogP contribution in [-0.2, 0) is 0 Å². The van der Waals surface area contributed by atoms with Gasteiger partial charge in [-0.25, -0.2) is 0 Å². The van der Waals surface area contributed by atoms with E-state index in [4.69, 9.17) is 10.8 Å². The van der Waals surface area contributed by atoms with Gasteiger partial charge in [0.05, 0.1) is 0 Å². The Morgan fingerprint density at radius 2 is 2.22 bits per heavy atom. The number of thioether (sulfide) groups is 1. The second-order valence-corrected chi connectivity index (χ2v) is 5.24. The first-order valence-electron chi connectivity index (χ1n) is 5.98. The van der Waals surface area contributed by atoms with Crippen LogP contribution in [0.15, 0.2) is 18.2 Å². The number of aryl methyl sites for hydroxylation is 1. The zero-order chi connectivity index (χ0) is 13.4. The van der Waals surface area contributed by atoms with E-state index in [1.807, 2.05) is 13.0 Å². The molecule has 0 aliphatic carbocycles. The summed E-state index contributed by atoms with van der Waals surface area (Å²) in [7, 11) is 0. The van der Waals surface area contributed by atoms with Crippen LogP contribution in [0, 0.1) is 6.92 Å². The third-order valence-corrected chi connectivity index (χ3v) is 3.56. The molecule has 18 heavy (non-hydrogen) atoms. The molecule has 0 heterocycles. The van der Waals surface area contributed by atoms with Crippen LogP contribution in [0.25, 0.3) is 0 Å². The van der Waals surface area contributed by atoms with Gasteiger partial charge in [-0.05, 0) is 36.8 Å². The zero-order valence-corrected chi connectivity index (χ0v) is 11.4. The molecule has 0 aliphatic heterocycles. The summed E-state index contributed by atoms with van der Waals surface area (Å²) in [5.41, 5.74) is 7.83. The van der Waals surface area contributed by atoms with Gasteiger partial charge in [-0.1, -0.05) is 6.07 Å². The fraction of sp³-hybridized carbons (Fsp3) is 0.462. The number of hydrogen-bond acceptors (Lipinski definition) is 4. The van der Waals surface area contributed by atoms with Crippen molar-refractivity contribution in [2.75, 3.05) is 30.4 Å². The molecule has 0 spiro atoms. The van der Waals surface area contributed by atoms with E-state index in [1.165, 1.54) is 0 Å². The minimum atomic E-state index is -0.0810. The van der Waals surface area contributed by atoms with Gasteiger partial charge in [-0.2, -0.15) is 11.8 Å². The molecule has 0 unspecified atom stereocenters. The van der Waals surface area contributed by atoms with E-state index in [0.29, 0.717) is 17.8 Å². The molecular weight excluding hydrogens is 248 g/mol. The summed E-state index contributed by atoms with van der Waals surface area (Å²) < 4.78 is 0. The Morgan fingerprint density at radius 3 is 2.94 bits per heavy atom. The standard InChI is InChI=1S/C13H20N2O2S/c1-10-3-4-11(14)9-12(10)13(17)15-5-8-18-7-2-6-16/h3-4,9,16H,2,5-8,14H2,1H3,(H,15,17). The number of aliphatic hydroxyl groups excluding tert-OH is 1. The van der Waals surface area contributed by atoms with Gasteiger partial charge in [-0.15, -0.1) is 0 Å². The first kappa shape index (κ1) is 14.9. The van der Waals surface area contributed by atoms with Gasteiger partial charge < -0.3 is 16.2 Å². The highest BCUT2D eigenvalue weighted by Crippen LogP contribution is 2.12. The van der Waals surface area contributed by atoms with Crippen LogP contribution in [0.3, 0.4) is 0 Å². The summed E-state index contributed by atoms with van der Waals surface area (Å²) in [6, 6.07) is 5.33. The van der Waals surface area contributed by atoms with Crippen molar-refractivity contribution in [3.05, 3.63) is 29.3 Å². The second kappa shape index (κ2) is 8.00. The number of benzene rings is 1. The van der Waals surface area contributed by atoms with Gasteiger partial charge >= 0.3 is 0 Å². The van der Waals surface area contributed by atoms with Crippen LogP contribution in [-0.4, -0.2) is 35.7 Å². The van der Waals surface area contributed by atoms with Gasteiger partial charge in [0.25, 0.3) is 5.91 Å².